The molecule has 1 aromatic heterocycles. The van der Waals surface area contributed by atoms with Crippen molar-refractivity contribution in [1.82, 2.24) is 9.97 Å². The average Bonchev–Trinajstić information content (AvgIpc) is 2.16. The first kappa shape index (κ1) is 11.0. The first-order chi connectivity index (χ1) is 6.60. The Morgan fingerprint density at radius 2 is 1.93 bits per heavy atom. The van der Waals surface area contributed by atoms with Crippen LogP contribution in [-0.4, -0.2) is 17.0 Å². The van der Waals surface area contributed by atoms with Gasteiger partial charge in [-0.2, -0.15) is 0 Å². The molecule has 78 valence electrons. The normalized spacial score (nSPS) is 10.7. The van der Waals surface area contributed by atoms with Crippen molar-refractivity contribution in [3.05, 3.63) is 17.1 Å². The Hall–Kier alpha value is -1.12. The van der Waals surface area contributed by atoms with Crippen LogP contribution in [0.4, 0.5) is 5.82 Å². The summed E-state index contributed by atoms with van der Waals surface area (Å²) in [6.45, 7) is 8.40. The third kappa shape index (κ3) is 2.03. The van der Waals surface area contributed by atoms with E-state index in [2.05, 4.69) is 36.1 Å². The van der Waals surface area contributed by atoms with Crippen LogP contribution in [0.1, 0.15) is 43.8 Å². The Bertz CT molecular complexity index is 319. The largest absolute Gasteiger partial charge is 0.373 e. The maximum atomic E-state index is 4.50. The summed E-state index contributed by atoms with van der Waals surface area (Å²) in [6.07, 6.45) is 0.973. The molecule has 0 aliphatic rings. The Kier molecular flexibility index (Phi) is 3.44. The highest BCUT2D eigenvalue weighted by molar-refractivity contribution is 5.46. The van der Waals surface area contributed by atoms with Crippen LogP contribution in [0.5, 0.6) is 0 Å². The van der Waals surface area contributed by atoms with Gasteiger partial charge in [0.05, 0.1) is 0 Å². The first-order valence-corrected chi connectivity index (χ1v) is 5.15. The molecular weight excluding hydrogens is 174 g/mol. The fraction of sp³-hybridized carbons (Fsp3) is 0.636. The lowest BCUT2D eigenvalue weighted by atomic mass is 10.1. The number of hydrogen-bond acceptors (Lipinski definition) is 3. The van der Waals surface area contributed by atoms with Crippen LogP contribution < -0.4 is 5.32 Å². The number of rotatable bonds is 3. The molecule has 0 radical (unpaired) electrons. The summed E-state index contributed by atoms with van der Waals surface area (Å²) in [7, 11) is 1.91. The first-order valence-electron chi connectivity index (χ1n) is 5.15. The van der Waals surface area contributed by atoms with Gasteiger partial charge < -0.3 is 5.32 Å². The van der Waals surface area contributed by atoms with Crippen molar-refractivity contribution in [1.29, 1.82) is 0 Å². The van der Waals surface area contributed by atoms with E-state index in [9.17, 15) is 0 Å². The molecule has 1 rings (SSSR count). The van der Waals surface area contributed by atoms with Crippen molar-refractivity contribution in [3.63, 3.8) is 0 Å². The molecule has 1 heterocycles. The molecular formula is C11H19N3. The Labute approximate surface area is 86.0 Å². The van der Waals surface area contributed by atoms with E-state index >= 15 is 0 Å². The van der Waals surface area contributed by atoms with Crippen molar-refractivity contribution in [3.8, 4) is 0 Å². The third-order valence-electron chi connectivity index (χ3n) is 2.34. The Morgan fingerprint density at radius 3 is 2.36 bits per heavy atom. The second-order valence-corrected chi connectivity index (χ2v) is 3.75. The van der Waals surface area contributed by atoms with Crippen LogP contribution in [0, 0.1) is 6.92 Å². The number of aromatic nitrogens is 2. The zero-order valence-corrected chi connectivity index (χ0v) is 9.68. The van der Waals surface area contributed by atoms with Crippen LogP contribution in [0.2, 0.25) is 0 Å². The van der Waals surface area contributed by atoms with Crippen molar-refractivity contribution in [2.75, 3.05) is 12.4 Å². The van der Waals surface area contributed by atoms with Gasteiger partial charge in [0.15, 0.2) is 0 Å². The van der Waals surface area contributed by atoms with E-state index in [-0.39, 0.29) is 0 Å². The standard InChI is InChI=1S/C11H19N3/c1-6-9-8(4)13-10(7(2)3)14-11(9)12-5/h7H,6H2,1-5H3,(H,12,13,14). The fourth-order valence-corrected chi connectivity index (χ4v) is 1.51. The molecule has 0 atom stereocenters. The van der Waals surface area contributed by atoms with Gasteiger partial charge in [-0.1, -0.05) is 20.8 Å². The SMILES string of the molecule is CCc1c(C)nc(C(C)C)nc1NC. The van der Waals surface area contributed by atoms with Crippen LogP contribution in [0.3, 0.4) is 0 Å². The molecule has 0 aliphatic carbocycles. The molecule has 14 heavy (non-hydrogen) atoms. The van der Waals surface area contributed by atoms with E-state index in [1.807, 2.05) is 14.0 Å². The van der Waals surface area contributed by atoms with Gasteiger partial charge in [-0.15, -0.1) is 0 Å². The van der Waals surface area contributed by atoms with E-state index in [0.29, 0.717) is 5.92 Å². The smallest absolute Gasteiger partial charge is 0.133 e. The molecule has 0 unspecified atom stereocenters. The van der Waals surface area contributed by atoms with Crippen LogP contribution in [-0.2, 0) is 6.42 Å². The maximum absolute atomic E-state index is 4.50. The second-order valence-electron chi connectivity index (χ2n) is 3.75. The van der Waals surface area contributed by atoms with Crippen molar-refractivity contribution in [2.24, 2.45) is 0 Å². The zero-order valence-electron chi connectivity index (χ0n) is 9.68. The average molecular weight is 193 g/mol. The van der Waals surface area contributed by atoms with Gasteiger partial charge in [0, 0.05) is 24.2 Å². The number of nitrogens with one attached hydrogen (secondary N) is 1. The van der Waals surface area contributed by atoms with Crippen molar-refractivity contribution >= 4 is 5.82 Å². The lowest BCUT2D eigenvalue weighted by molar-refractivity contribution is 0.760. The van der Waals surface area contributed by atoms with E-state index in [1.165, 1.54) is 5.56 Å². The summed E-state index contributed by atoms with van der Waals surface area (Å²) >= 11 is 0. The van der Waals surface area contributed by atoms with Crippen LogP contribution >= 0.6 is 0 Å². The van der Waals surface area contributed by atoms with Gasteiger partial charge in [0.25, 0.3) is 0 Å². The summed E-state index contributed by atoms with van der Waals surface area (Å²) in [6, 6.07) is 0. The monoisotopic (exact) mass is 193 g/mol. The molecule has 3 nitrogen and oxygen atoms in total. The van der Waals surface area contributed by atoms with Crippen molar-refractivity contribution < 1.29 is 0 Å². The topological polar surface area (TPSA) is 37.8 Å². The minimum Gasteiger partial charge on any atom is -0.373 e. The molecule has 1 N–H and O–H groups in total. The van der Waals surface area contributed by atoms with E-state index in [4.69, 9.17) is 0 Å². The summed E-state index contributed by atoms with van der Waals surface area (Å²) in [5.74, 6) is 2.28. The number of aryl methyl sites for hydroxylation is 1. The van der Waals surface area contributed by atoms with Gasteiger partial charge >= 0.3 is 0 Å². The molecule has 0 fully saturated rings. The molecule has 0 bridgehead atoms. The molecule has 0 saturated heterocycles. The van der Waals surface area contributed by atoms with Gasteiger partial charge in [-0.25, -0.2) is 9.97 Å². The molecule has 0 spiro atoms. The summed E-state index contributed by atoms with van der Waals surface area (Å²) in [4.78, 5) is 9.00. The van der Waals surface area contributed by atoms with E-state index in [0.717, 1.165) is 23.8 Å². The summed E-state index contributed by atoms with van der Waals surface area (Å²) < 4.78 is 0. The minimum atomic E-state index is 0.381. The summed E-state index contributed by atoms with van der Waals surface area (Å²) in [5.41, 5.74) is 2.31. The lowest BCUT2D eigenvalue weighted by Crippen LogP contribution is -2.08. The van der Waals surface area contributed by atoms with Crippen molar-refractivity contribution in [2.45, 2.75) is 40.0 Å². The van der Waals surface area contributed by atoms with Crippen LogP contribution in [0.15, 0.2) is 0 Å². The third-order valence-corrected chi connectivity index (χ3v) is 2.34. The number of hydrogen-bond donors (Lipinski definition) is 1. The molecule has 3 heteroatoms. The second kappa shape index (κ2) is 4.40. The Morgan fingerprint density at radius 1 is 1.29 bits per heavy atom. The predicted molar refractivity (Wildman–Crippen MR) is 59.8 cm³/mol. The molecule has 0 aliphatic heterocycles. The quantitative estimate of drug-likeness (QED) is 0.801. The number of anilines is 1. The zero-order chi connectivity index (χ0) is 10.7. The highest BCUT2D eigenvalue weighted by atomic mass is 15.0. The Balaban J connectivity index is 3.24. The number of nitrogens with zero attached hydrogens (tertiary/aromatic N) is 2. The molecule has 1 aromatic rings. The maximum Gasteiger partial charge on any atom is 0.133 e. The fourth-order valence-electron chi connectivity index (χ4n) is 1.51. The van der Waals surface area contributed by atoms with E-state index < -0.39 is 0 Å². The minimum absolute atomic E-state index is 0.381. The van der Waals surface area contributed by atoms with Gasteiger partial charge in [-0.3, -0.25) is 0 Å². The highest BCUT2D eigenvalue weighted by Crippen LogP contribution is 2.19. The molecule has 0 saturated carbocycles. The lowest BCUT2D eigenvalue weighted by Gasteiger charge is -2.12. The van der Waals surface area contributed by atoms with Crippen LogP contribution in [0.25, 0.3) is 0 Å². The highest BCUT2D eigenvalue weighted by Gasteiger charge is 2.10. The molecule has 0 amide bonds. The predicted octanol–water partition coefficient (Wildman–Crippen LogP) is 2.51. The van der Waals surface area contributed by atoms with Gasteiger partial charge in [0.2, 0.25) is 0 Å². The summed E-state index contributed by atoms with van der Waals surface area (Å²) in [5, 5.41) is 3.13. The van der Waals surface area contributed by atoms with Gasteiger partial charge in [-0.05, 0) is 13.3 Å². The van der Waals surface area contributed by atoms with E-state index in [1.54, 1.807) is 0 Å². The molecule has 0 aromatic carbocycles. The van der Waals surface area contributed by atoms with Gasteiger partial charge in [0.1, 0.15) is 11.6 Å².